The average molecular weight is 1880 g/mol. The van der Waals surface area contributed by atoms with Gasteiger partial charge in [0.25, 0.3) is 0 Å². The molecule has 0 heterocycles. The predicted octanol–water partition coefficient (Wildman–Crippen LogP) is 9.97. The number of aliphatic imine (C=N–C) groups is 10. The van der Waals surface area contributed by atoms with Crippen LogP contribution in [-0.2, 0) is 57.5 Å². The molecule has 0 radical (unpaired) electrons. The highest BCUT2D eigenvalue weighted by molar-refractivity contribution is 6.00. The third-order valence-corrected chi connectivity index (χ3v) is 12.8. The molecule has 0 aliphatic carbocycles. The van der Waals surface area contributed by atoms with Gasteiger partial charge < -0.3 is 99.9 Å². The predicted molar refractivity (Wildman–Crippen MR) is 569 cm³/mol. The summed E-state index contributed by atoms with van der Waals surface area (Å²) in [5.74, 6) is -0.948. The largest absolute Gasteiger partial charge is 0.387 e. The van der Waals surface area contributed by atoms with Gasteiger partial charge in [0.2, 0.25) is 5.96 Å². The van der Waals surface area contributed by atoms with Crippen molar-refractivity contribution in [1.29, 1.82) is 43.3 Å². The Labute approximate surface area is 857 Å². The van der Waals surface area contributed by atoms with E-state index in [1.54, 1.807) is 60.7 Å². The van der Waals surface area contributed by atoms with Gasteiger partial charge in [0.05, 0.1) is 97.8 Å². The van der Waals surface area contributed by atoms with E-state index in [1.807, 2.05) is 0 Å². The summed E-state index contributed by atoms with van der Waals surface area (Å²) in [5, 5.41) is 76.5. The lowest BCUT2D eigenvalue weighted by Gasteiger charge is -2.02. The first-order valence-electron chi connectivity index (χ1n) is 61.3. The molecule has 720 valence electrons. The number of benzene rings is 9. The van der Waals surface area contributed by atoms with Crippen molar-refractivity contribution in [2.24, 2.45) is 107 Å². The van der Waals surface area contributed by atoms with Crippen molar-refractivity contribution in [3.63, 3.8) is 0 Å². The van der Waals surface area contributed by atoms with Crippen molar-refractivity contribution < 1.29 is 58.9 Å². The Hall–Kier alpha value is -16.6. The van der Waals surface area contributed by atoms with Crippen LogP contribution in [0.5, 0.6) is 0 Å². The maximum Gasteiger partial charge on any atom is 0.216 e. The molecule has 0 aromatic heterocycles. The van der Waals surface area contributed by atoms with Gasteiger partial charge in [-0.2, -0.15) is 0 Å². The standard InChI is InChI=1S/9C11H16N4/c9*1-9(12)15-11(13)14-8-7-10-5-3-2-4-6-10/h9*2-6H,7-8H2,1H3,(H4,12,13,14,15)/i3D,4D,5D,6D,7D2,8D;3D,4D,5D,6D,7D,8D2;3D,4D,5D,6D,8D;3D,4D,5D,6D,7D;5D,6D,7D2,8D;5D,6D,7D,8D2;5D,6D,7D;3D,4D,8D;7D2,8D. The summed E-state index contributed by atoms with van der Waals surface area (Å²) in [7, 11) is 0. The SMILES string of the molecule is [2H]C(N=C(N)N=C(C)N)C([2H])([2H])c1ccccc1.[2H]c1cc([2H])c([2H])c(C([2H])([2H])C([2H])N=C(N)NC(C)=N)c1[2H].[2H]c1cc([2H])c([2H])c(C([2H])C([2H])([2H])N=C(N)NC(C)=N)c1[2H].[2H]c1cc([2H])c([2H])c(C([2H])CN=C(N)NC(C)=N)c1[2H].[2H]c1cc([2H])c([2H])c(CC([2H])N=C(N)NC(C)=N)c1[2H].[2H]c1cc([2H])cc(CC([2H])N=C(N)NC(C)=N)c1.[2H]c1cccc([2H])c1C([2H])([2H])C([2H])N=C(N)NC(C)=N.[2H]c1cccc([2H])c1C([2H])C([2H])([2H])N=C(N)NC(C)=N.[2H]c1cccc([2H])c1C([2H])CN=C(N)NC(C)=N. The summed E-state index contributed by atoms with van der Waals surface area (Å²) >= 11 is 0. The molecular weight excluding hydrogens is 1690 g/mol. The fourth-order valence-electron chi connectivity index (χ4n) is 7.75. The average Bonchev–Trinajstić information content (AvgIpc) is 0.765. The second kappa shape index (κ2) is 75.3. The normalized spacial score (nSPS) is 18.5. The number of nitrogens with one attached hydrogen (secondary N) is 16. The Morgan fingerprint density at radius 2 is 0.489 bits per heavy atom. The molecule has 9 unspecified atom stereocenters. The number of hydrogen-bond acceptors (Lipinski definition) is 17. The second-order valence-corrected chi connectivity index (χ2v) is 25.1. The minimum absolute atomic E-state index is 0.00865. The molecule has 0 saturated carbocycles. The van der Waals surface area contributed by atoms with Crippen LogP contribution in [0.2, 0.25) is 0 Å². The van der Waals surface area contributed by atoms with Gasteiger partial charge in [-0.15, -0.1) is 0 Å². The first-order valence-corrected chi connectivity index (χ1v) is 39.1. The highest BCUT2D eigenvalue weighted by Gasteiger charge is 2.03. The Bertz CT molecular complexity index is 7450. The smallest absolute Gasteiger partial charge is 0.216 e. The third kappa shape index (κ3) is 74.0. The quantitative estimate of drug-likeness (QED) is 0.0168. The zero-order valence-electron chi connectivity index (χ0n) is 118. The van der Waals surface area contributed by atoms with Crippen LogP contribution in [0.3, 0.4) is 0 Å². The Morgan fingerprint density at radius 1 is 0.244 bits per heavy atom. The number of nitrogens with two attached hydrogens (primary N) is 10. The zero-order valence-corrected chi connectivity index (χ0v) is 75.4. The fraction of sp³-hybridized carbons (Fsp3) is 0.273. The summed E-state index contributed by atoms with van der Waals surface area (Å²) in [5.41, 5.74) is 54.8. The number of guanidine groups is 9. The lowest BCUT2D eigenvalue weighted by molar-refractivity contribution is 0.955. The van der Waals surface area contributed by atoms with Crippen LogP contribution in [0.1, 0.15) is 171 Å². The van der Waals surface area contributed by atoms with E-state index in [-0.39, 0.29) is 257 Å². The molecule has 0 bridgehead atoms. The molecule has 9 aromatic carbocycles. The van der Waals surface area contributed by atoms with Crippen molar-refractivity contribution >= 4 is 106 Å². The lowest BCUT2D eigenvalue weighted by Crippen LogP contribution is -2.35. The molecule has 0 amide bonds. The van der Waals surface area contributed by atoms with E-state index in [9.17, 15) is 0 Å². The topological polar surface area (TPSA) is 671 Å². The van der Waals surface area contributed by atoms with Gasteiger partial charge in [-0.25, -0.2) is 4.99 Å². The molecular formula is C99H144N36. The Kier molecular flexibility index (Phi) is 34.9. The summed E-state index contributed by atoms with van der Waals surface area (Å²) in [4.78, 5) is 36.9. The van der Waals surface area contributed by atoms with Crippen LogP contribution >= 0.6 is 0 Å². The van der Waals surface area contributed by atoms with Crippen molar-refractivity contribution in [2.75, 3.05) is 58.7 Å². The van der Waals surface area contributed by atoms with Gasteiger partial charge in [-0.1, -0.05) is 272 Å². The van der Waals surface area contributed by atoms with Crippen LogP contribution in [0.4, 0.5) is 0 Å². The fourth-order valence-corrected chi connectivity index (χ4v) is 7.75. The van der Waals surface area contributed by atoms with Crippen molar-refractivity contribution in [3.8, 4) is 0 Å². The van der Waals surface area contributed by atoms with Crippen molar-refractivity contribution in [2.45, 2.75) is 120 Å². The Balaban J connectivity index is 0.00000100. The summed E-state index contributed by atoms with van der Waals surface area (Å²) in [6, 6.07) is 25.5. The molecule has 0 saturated heterocycles. The second-order valence-electron chi connectivity index (χ2n) is 25.1. The molecule has 36 heteroatoms. The van der Waals surface area contributed by atoms with Crippen LogP contribution in [0.15, 0.2) is 322 Å². The van der Waals surface area contributed by atoms with E-state index in [0.29, 0.717) is 16.7 Å². The molecule has 9 aromatic rings. The highest BCUT2D eigenvalue weighted by Crippen LogP contribution is 2.07. The summed E-state index contributed by atoms with van der Waals surface area (Å²) < 4.78 is 332. The molecule has 0 aliphatic heterocycles. The van der Waals surface area contributed by atoms with Gasteiger partial charge in [0.15, 0.2) is 47.7 Å². The molecule has 9 atom stereocenters. The number of amidine groups is 9. The van der Waals surface area contributed by atoms with Crippen molar-refractivity contribution in [3.05, 3.63) is 322 Å². The van der Waals surface area contributed by atoms with E-state index < -0.39 is 144 Å². The summed E-state index contributed by atoms with van der Waals surface area (Å²) in [6.07, 6.45) is -11.9. The number of rotatable bonds is 27. The van der Waals surface area contributed by atoms with Gasteiger partial charge in [0, 0.05) is 72.4 Å². The minimum Gasteiger partial charge on any atom is -0.387 e. The molecule has 0 spiro atoms. The molecule has 36 N–H and O–H groups in total. The van der Waals surface area contributed by atoms with E-state index in [4.69, 9.17) is 160 Å². The molecule has 135 heavy (non-hydrogen) atoms. The number of aryl methyl sites for hydroxylation is 2. The van der Waals surface area contributed by atoms with Crippen molar-refractivity contribution in [1.82, 2.24) is 42.5 Å². The van der Waals surface area contributed by atoms with Gasteiger partial charge in [-0.05, 0) is 170 Å². The maximum absolute atomic E-state index is 7.95. The maximum atomic E-state index is 7.95. The van der Waals surface area contributed by atoms with E-state index in [0.717, 1.165) is 24.3 Å². The first kappa shape index (κ1) is 62.7. The highest BCUT2D eigenvalue weighted by atomic mass is 15.2. The third-order valence-electron chi connectivity index (χ3n) is 12.8. The van der Waals surface area contributed by atoms with Crippen LogP contribution < -0.4 is 99.9 Å². The first-order chi connectivity index (χ1) is 81.8. The van der Waals surface area contributed by atoms with Gasteiger partial charge in [-0.3, -0.25) is 88.2 Å². The lowest BCUT2D eigenvalue weighted by atomic mass is 10.2. The Morgan fingerprint density at radius 3 is 0.830 bits per heavy atom. The number of hydrogen-bond donors (Lipinski definition) is 26. The molecule has 0 aliphatic rings. The minimum atomic E-state index is -2.60. The number of nitrogens with zero attached hydrogens (tertiary/aromatic N) is 10. The van der Waals surface area contributed by atoms with E-state index in [2.05, 4.69) is 92.5 Å². The monoisotopic (exact) mass is 1880 g/mol. The van der Waals surface area contributed by atoms with Crippen LogP contribution in [-0.4, -0.2) is 165 Å². The van der Waals surface area contributed by atoms with Crippen LogP contribution in [0.25, 0.3) is 0 Å². The van der Waals surface area contributed by atoms with E-state index in [1.165, 1.54) is 105 Å². The van der Waals surface area contributed by atoms with Crippen LogP contribution in [0, 0.1) is 43.3 Å². The molecule has 36 nitrogen and oxygen atoms in total. The van der Waals surface area contributed by atoms with Gasteiger partial charge in [0.1, 0.15) is 0 Å². The molecule has 9 rings (SSSR count). The molecule has 0 fully saturated rings. The van der Waals surface area contributed by atoms with Gasteiger partial charge >= 0.3 is 0 Å². The zero-order chi connectivity index (χ0) is 138. The summed E-state index contributed by atoms with van der Waals surface area (Å²) in [6.45, 7) is 1.29. The van der Waals surface area contributed by atoms with E-state index >= 15 is 0 Å².